The fraction of sp³-hybridized carbons (Fsp3) is 0.133. The minimum absolute atomic E-state index is 0.288. The molecule has 0 N–H and O–H groups in total. The summed E-state index contributed by atoms with van der Waals surface area (Å²) < 4.78 is 25.3. The summed E-state index contributed by atoms with van der Waals surface area (Å²) in [6, 6.07) is 9.71. The molecule has 21 heavy (non-hydrogen) atoms. The molecule has 2 unspecified atom stereocenters. The quantitative estimate of drug-likeness (QED) is 0.764. The zero-order valence-electron chi connectivity index (χ0n) is 11.0. The fourth-order valence-electron chi connectivity index (χ4n) is 1.77. The van der Waals surface area contributed by atoms with Crippen LogP contribution < -0.4 is 0 Å². The lowest BCUT2D eigenvalue weighted by molar-refractivity contribution is 0.0992. The van der Waals surface area contributed by atoms with Gasteiger partial charge in [0, 0.05) is 10.6 Å². The van der Waals surface area contributed by atoms with Crippen LogP contribution in [0.2, 0.25) is 10.0 Å². The van der Waals surface area contributed by atoms with Crippen molar-refractivity contribution in [2.24, 2.45) is 0 Å². The van der Waals surface area contributed by atoms with Crippen LogP contribution >= 0.6 is 23.2 Å². The lowest BCUT2D eigenvalue weighted by atomic mass is 10.1. The second kappa shape index (κ2) is 6.69. The second-order valence-electron chi connectivity index (χ2n) is 4.39. The number of carbonyl (C=O) groups excluding carboxylic acids is 1. The summed E-state index contributed by atoms with van der Waals surface area (Å²) in [6.07, 6.45) is 0. The zero-order chi connectivity index (χ0) is 15.6. The molecule has 0 spiro atoms. The number of hydrogen-bond donors (Lipinski definition) is 0. The van der Waals surface area contributed by atoms with Gasteiger partial charge < -0.3 is 0 Å². The van der Waals surface area contributed by atoms with Gasteiger partial charge in [-0.05, 0) is 49.4 Å². The van der Waals surface area contributed by atoms with E-state index in [0.29, 0.717) is 15.5 Å². The van der Waals surface area contributed by atoms with Crippen LogP contribution in [0.1, 0.15) is 17.3 Å². The second-order valence-corrected chi connectivity index (χ2v) is 6.97. The van der Waals surface area contributed by atoms with Crippen LogP contribution in [0.25, 0.3) is 0 Å². The summed E-state index contributed by atoms with van der Waals surface area (Å²) in [4.78, 5) is 12.6. The molecule has 0 aromatic heterocycles. The Kier molecular flexibility index (Phi) is 5.14. The molecular weight excluding hydrogens is 334 g/mol. The van der Waals surface area contributed by atoms with Gasteiger partial charge in [0.05, 0.1) is 26.0 Å². The highest BCUT2D eigenvalue weighted by Crippen LogP contribution is 2.26. The van der Waals surface area contributed by atoms with E-state index in [1.54, 1.807) is 13.0 Å². The van der Waals surface area contributed by atoms with Crippen LogP contribution in [0.15, 0.2) is 47.4 Å². The van der Waals surface area contributed by atoms with Crippen molar-refractivity contribution in [3.05, 3.63) is 63.9 Å². The molecule has 2 aromatic rings. The van der Waals surface area contributed by atoms with Gasteiger partial charge in [-0.25, -0.2) is 4.39 Å². The van der Waals surface area contributed by atoms with E-state index in [9.17, 15) is 13.4 Å². The molecule has 0 saturated heterocycles. The van der Waals surface area contributed by atoms with Crippen molar-refractivity contribution in [3.8, 4) is 0 Å². The lowest BCUT2D eigenvalue weighted by Crippen LogP contribution is -2.23. The average molecular weight is 345 g/mol. The molecule has 0 aliphatic carbocycles. The Labute approximate surface area is 134 Å². The van der Waals surface area contributed by atoms with Gasteiger partial charge in [0.1, 0.15) is 5.82 Å². The Morgan fingerprint density at radius 3 is 2.38 bits per heavy atom. The molecular formula is C15H11Cl2FO2S. The fourth-order valence-corrected chi connectivity index (χ4v) is 3.57. The normalized spacial score (nSPS) is 13.7. The molecule has 0 saturated carbocycles. The predicted octanol–water partition coefficient (Wildman–Crippen LogP) is 4.51. The van der Waals surface area contributed by atoms with E-state index < -0.39 is 21.9 Å². The van der Waals surface area contributed by atoms with Crippen LogP contribution in [0, 0.1) is 5.82 Å². The van der Waals surface area contributed by atoms with Gasteiger partial charge in [0.15, 0.2) is 5.78 Å². The molecule has 0 heterocycles. The number of Topliss-reactive ketones (excluding diaryl/α,β-unsaturated/α-hetero) is 1. The van der Waals surface area contributed by atoms with Crippen molar-refractivity contribution in [1.82, 2.24) is 0 Å². The van der Waals surface area contributed by atoms with Gasteiger partial charge in [-0.2, -0.15) is 0 Å². The molecule has 0 aliphatic heterocycles. The number of halogens is 3. The monoisotopic (exact) mass is 344 g/mol. The topological polar surface area (TPSA) is 34.1 Å². The first-order valence-corrected chi connectivity index (χ1v) is 8.02. The van der Waals surface area contributed by atoms with E-state index in [1.807, 2.05) is 0 Å². The third-order valence-corrected chi connectivity index (χ3v) is 5.23. The highest BCUT2D eigenvalue weighted by molar-refractivity contribution is 7.86. The molecule has 2 aromatic carbocycles. The molecule has 0 bridgehead atoms. The van der Waals surface area contributed by atoms with E-state index in [0.717, 1.165) is 0 Å². The largest absolute Gasteiger partial charge is 0.293 e. The Balaban J connectivity index is 2.28. The van der Waals surface area contributed by atoms with E-state index in [2.05, 4.69) is 0 Å². The summed E-state index contributed by atoms with van der Waals surface area (Å²) in [5.74, 6) is -0.775. The highest BCUT2D eigenvalue weighted by atomic mass is 35.5. The van der Waals surface area contributed by atoms with Crippen LogP contribution in [0.4, 0.5) is 4.39 Å². The van der Waals surface area contributed by atoms with Gasteiger partial charge in [-0.3, -0.25) is 9.00 Å². The standard InChI is InChI=1S/C15H11Cl2FO2S/c1-9(15(19)10-2-5-12(18)6-3-10)21(20)14-8-11(16)4-7-13(14)17/h2-9H,1H3. The summed E-state index contributed by atoms with van der Waals surface area (Å²) >= 11 is 11.9. The minimum atomic E-state index is -1.65. The predicted molar refractivity (Wildman–Crippen MR) is 83.1 cm³/mol. The highest BCUT2D eigenvalue weighted by Gasteiger charge is 2.24. The lowest BCUT2D eigenvalue weighted by Gasteiger charge is -2.12. The van der Waals surface area contributed by atoms with Crippen molar-refractivity contribution >= 4 is 39.8 Å². The van der Waals surface area contributed by atoms with Crippen molar-refractivity contribution in [1.29, 1.82) is 0 Å². The molecule has 0 aliphatic rings. The first-order chi connectivity index (χ1) is 9.90. The maximum Gasteiger partial charge on any atom is 0.178 e. The van der Waals surface area contributed by atoms with Crippen molar-refractivity contribution in [2.45, 2.75) is 17.1 Å². The molecule has 2 nitrogen and oxygen atoms in total. The van der Waals surface area contributed by atoms with Crippen molar-refractivity contribution in [2.75, 3.05) is 0 Å². The van der Waals surface area contributed by atoms with Crippen LogP contribution in [-0.2, 0) is 10.8 Å². The summed E-state index contributed by atoms with van der Waals surface area (Å²) in [5, 5.41) is -0.132. The number of benzene rings is 2. The molecule has 2 atom stereocenters. The maximum atomic E-state index is 12.9. The van der Waals surface area contributed by atoms with Gasteiger partial charge in [0.25, 0.3) is 0 Å². The Bertz CT molecular complexity index is 701. The van der Waals surface area contributed by atoms with Gasteiger partial charge in [-0.1, -0.05) is 23.2 Å². The third-order valence-electron chi connectivity index (χ3n) is 2.93. The van der Waals surface area contributed by atoms with Crippen LogP contribution in [0.3, 0.4) is 0 Å². The van der Waals surface area contributed by atoms with Crippen molar-refractivity contribution in [3.63, 3.8) is 0 Å². The Hall–Kier alpha value is -1.23. The molecule has 0 radical (unpaired) electrons. The van der Waals surface area contributed by atoms with E-state index in [1.165, 1.54) is 36.4 Å². The molecule has 2 rings (SSSR count). The Morgan fingerprint density at radius 2 is 1.76 bits per heavy atom. The van der Waals surface area contributed by atoms with Crippen LogP contribution in [0.5, 0.6) is 0 Å². The smallest absolute Gasteiger partial charge is 0.178 e. The summed E-state index contributed by atoms with van der Waals surface area (Å²) in [6.45, 7) is 1.54. The molecule has 110 valence electrons. The van der Waals surface area contributed by atoms with E-state index >= 15 is 0 Å². The molecule has 0 fully saturated rings. The molecule has 0 amide bonds. The van der Waals surface area contributed by atoms with Crippen molar-refractivity contribution < 1.29 is 13.4 Å². The van der Waals surface area contributed by atoms with Gasteiger partial charge in [-0.15, -0.1) is 0 Å². The first kappa shape index (κ1) is 16.1. The van der Waals surface area contributed by atoms with Gasteiger partial charge >= 0.3 is 0 Å². The zero-order valence-corrected chi connectivity index (χ0v) is 13.3. The number of rotatable bonds is 4. The summed E-state index contributed by atoms with van der Waals surface area (Å²) in [5.41, 5.74) is 0.301. The average Bonchev–Trinajstić information content (AvgIpc) is 2.48. The van der Waals surface area contributed by atoms with E-state index in [4.69, 9.17) is 23.2 Å². The first-order valence-electron chi connectivity index (χ1n) is 6.05. The third kappa shape index (κ3) is 3.70. The number of ketones is 1. The SMILES string of the molecule is CC(C(=O)c1ccc(F)cc1)S(=O)c1cc(Cl)ccc1Cl. The number of carbonyl (C=O) groups is 1. The minimum Gasteiger partial charge on any atom is -0.293 e. The summed E-state index contributed by atoms with van der Waals surface area (Å²) in [7, 11) is -1.65. The number of hydrogen-bond acceptors (Lipinski definition) is 2. The molecule has 6 heteroatoms. The van der Waals surface area contributed by atoms with E-state index in [-0.39, 0.29) is 10.8 Å². The van der Waals surface area contributed by atoms with Crippen LogP contribution in [-0.4, -0.2) is 15.2 Å². The Morgan fingerprint density at radius 1 is 1.14 bits per heavy atom. The maximum absolute atomic E-state index is 12.9. The van der Waals surface area contributed by atoms with Gasteiger partial charge in [0.2, 0.25) is 0 Å².